The number of nitrogens with two attached hydrogens (primary N) is 1. The van der Waals surface area contributed by atoms with Crippen molar-refractivity contribution in [1.82, 2.24) is 14.9 Å². The molecule has 0 saturated heterocycles. The first kappa shape index (κ1) is 21.8. The maximum atomic E-state index is 13.5. The summed E-state index contributed by atoms with van der Waals surface area (Å²) in [6.07, 6.45) is 2.74. The lowest BCUT2D eigenvalue weighted by atomic mass is 10.1. The van der Waals surface area contributed by atoms with Crippen LogP contribution in [0.5, 0.6) is 0 Å². The van der Waals surface area contributed by atoms with E-state index in [2.05, 4.69) is 10.3 Å². The minimum absolute atomic E-state index is 0.0146. The predicted octanol–water partition coefficient (Wildman–Crippen LogP) is 3.34. The lowest BCUT2D eigenvalue weighted by molar-refractivity contribution is -0.120. The highest BCUT2D eigenvalue weighted by molar-refractivity contribution is 8.00. The van der Waals surface area contributed by atoms with Gasteiger partial charge in [0.2, 0.25) is 15.9 Å². The van der Waals surface area contributed by atoms with Gasteiger partial charge in [-0.15, -0.1) is 0 Å². The number of halogens is 1. The van der Waals surface area contributed by atoms with Crippen LogP contribution in [0.25, 0.3) is 11.0 Å². The van der Waals surface area contributed by atoms with Crippen LogP contribution in [0.2, 0.25) is 0 Å². The second-order valence-electron chi connectivity index (χ2n) is 7.57. The number of rotatable bonds is 8. The number of carbonyl (C=O) groups is 1. The Labute approximate surface area is 184 Å². The maximum Gasteiger partial charge on any atom is 0.238 e. The predicted molar refractivity (Wildman–Crippen MR) is 118 cm³/mol. The molecule has 1 aliphatic rings. The van der Waals surface area contributed by atoms with Gasteiger partial charge in [-0.05, 0) is 55.2 Å². The normalized spacial score (nSPS) is 15.2. The van der Waals surface area contributed by atoms with Crippen molar-refractivity contribution in [3.63, 3.8) is 0 Å². The van der Waals surface area contributed by atoms with E-state index in [0.29, 0.717) is 22.8 Å². The van der Waals surface area contributed by atoms with Crippen LogP contribution >= 0.6 is 11.8 Å². The summed E-state index contributed by atoms with van der Waals surface area (Å²) in [6.45, 7) is 2.67. The largest absolute Gasteiger partial charge is 0.352 e. The van der Waals surface area contributed by atoms with Crippen LogP contribution in [-0.2, 0) is 21.4 Å². The lowest BCUT2D eigenvalue weighted by Gasteiger charge is -2.17. The fraction of sp³-hybridized carbons (Fsp3) is 0.333. The third kappa shape index (κ3) is 4.91. The summed E-state index contributed by atoms with van der Waals surface area (Å²) in [5.41, 5.74) is 1.92. The highest BCUT2D eigenvalue weighted by Crippen LogP contribution is 2.38. The van der Waals surface area contributed by atoms with Gasteiger partial charge >= 0.3 is 0 Å². The Kier molecular flexibility index (Phi) is 6.05. The molecule has 10 heteroatoms. The number of fused-ring (bicyclic) bond motifs is 1. The third-order valence-corrected chi connectivity index (χ3v) is 7.17. The Balaban J connectivity index is 1.75. The molecule has 3 aromatic rings. The summed E-state index contributed by atoms with van der Waals surface area (Å²) in [5, 5.41) is 8.24. The number of thioether (sulfide) groups is 1. The number of hydrogen-bond acceptors (Lipinski definition) is 5. The van der Waals surface area contributed by atoms with Crippen molar-refractivity contribution >= 4 is 38.7 Å². The SMILES string of the molecule is CCCn1c(SC(C(=O)NC2CC2)c2ccc(F)cc2)nc2cc(S(N)(=O)=O)ccc21. The highest BCUT2D eigenvalue weighted by Gasteiger charge is 2.30. The number of nitrogens with one attached hydrogen (secondary N) is 1. The van der Waals surface area contributed by atoms with Crippen molar-refractivity contribution in [2.75, 3.05) is 0 Å². The van der Waals surface area contributed by atoms with Crippen LogP contribution in [0.15, 0.2) is 52.5 Å². The van der Waals surface area contributed by atoms with E-state index in [-0.39, 0.29) is 22.7 Å². The molecular weight excluding hydrogens is 439 g/mol. The highest BCUT2D eigenvalue weighted by atomic mass is 32.2. The van der Waals surface area contributed by atoms with Gasteiger partial charge in [-0.2, -0.15) is 0 Å². The van der Waals surface area contributed by atoms with Gasteiger partial charge in [0.15, 0.2) is 5.16 Å². The van der Waals surface area contributed by atoms with Gasteiger partial charge < -0.3 is 9.88 Å². The van der Waals surface area contributed by atoms with Crippen molar-refractivity contribution in [3.8, 4) is 0 Å². The zero-order chi connectivity index (χ0) is 22.2. The van der Waals surface area contributed by atoms with Crippen LogP contribution in [0.3, 0.4) is 0 Å². The summed E-state index contributed by atoms with van der Waals surface area (Å²) < 4.78 is 38.9. The molecular formula is C21H23FN4O3S2. The van der Waals surface area contributed by atoms with Gasteiger partial charge in [0.1, 0.15) is 11.1 Å². The van der Waals surface area contributed by atoms with E-state index in [1.165, 1.54) is 36.0 Å². The molecule has 7 nitrogen and oxygen atoms in total. The topological polar surface area (TPSA) is 107 Å². The van der Waals surface area contributed by atoms with Gasteiger partial charge in [0.05, 0.1) is 15.9 Å². The van der Waals surface area contributed by atoms with Crippen LogP contribution in [0.4, 0.5) is 4.39 Å². The fourth-order valence-corrected chi connectivity index (χ4v) is 5.00. The Morgan fingerprint density at radius 3 is 2.61 bits per heavy atom. The second-order valence-corrected chi connectivity index (χ2v) is 10.2. The number of benzene rings is 2. The van der Waals surface area contributed by atoms with E-state index in [0.717, 1.165) is 24.8 Å². The van der Waals surface area contributed by atoms with Gasteiger partial charge in [-0.3, -0.25) is 4.79 Å². The molecule has 31 heavy (non-hydrogen) atoms. The molecule has 1 atom stereocenters. The number of amides is 1. The first-order chi connectivity index (χ1) is 14.8. The van der Waals surface area contributed by atoms with Crippen LogP contribution in [0.1, 0.15) is 37.0 Å². The maximum absolute atomic E-state index is 13.5. The van der Waals surface area contributed by atoms with E-state index in [9.17, 15) is 17.6 Å². The number of nitrogens with zero attached hydrogens (tertiary/aromatic N) is 2. The van der Waals surface area contributed by atoms with Gasteiger partial charge in [0.25, 0.3) is 0 Å². The van der Waals surface area contributed by atoms with E-state index in [1.54, 1.807) is 18.2 Å². The van der Waals surface area contributed by atoms with Crippen molar-refractivity contribution < 1.29 is 17.6 Å². The van der Waals surface area contributed by atoms with Crippen LogP contribution < -0.4 is 10.5 Å². The molecule has 1 amide bonds. The first-order valence-corrected chi connectivity index (χ1v) is 12.4. The number of imidazole rings is 1. The molecule has 1 unspecified atom stereocenters. The van der Waals surface area contributed by atoms with Crippen molar-refractivity contribution in [3.05, 3.63) is 53.8 Å². The average molecular weight is 463 g/mol. The molecule has 164 valence electrons. The van der Waals surface area contributed by atoms with Crippen molar-refractivity contribution in [2.24, 2.45) is 5.14 Å². The molecule has 1 aromatic heterocycles. The first-order valence-electron chi connectivity index (χ1n) is 10.0. The zero-order valence-corrected chi connectivity index (χ0v) is 18.5. The summed E-state index contributed by atoms with van der Waals surface area (Å²) >= 11 is 1.27. The Bertz CT molecular complexity index is 1220. The van der Waals surface area contributed by atoms with Crippen molar-refractivity contribution in [1.29, 1.82) is 0 Å². The Morgan fingerprint density at radius 1 is 1.29 bits per heavy atom. The quantitative estimate of drug-likeness (QED) is 0.499. The van der Waals surface area contributed by atoms with E-state index in [4.69, 9.17) is 5.14 Å². The standard InChI is InChI=1S/C21H23FN4O3S2/c1-2-11-26-18-10-9-16(31(23,28)29)12-17(18)25-21(26)30-19(20(27)24-15-7-8-15)13-3-5-14(22)6-4-13/h3-6,9-10,12,15,19H,2,7-8,11H2,1H3,(H,24,27)(H2,23,28,29). The number of primary sulfonamides is 1. The summed E-state index contributed by atoms with van der Waals surface area (Å²) in [6, 6.07) is 10.6. The molecule has 0 aliphatic heterocycles. The molecule has 2 aromatic carbocycles. The van der Waals surface area contributed by atoms with E-state index in [1.807, 2.05) is 11.5 Å². The summed E-state index contributed by atoms with van der Waals surface area (Å²) in [5.74, 6) is -0.525. The average Bonchev–Trinajstić information content (AvgIpc) is 3.47. The molecule has 0 bridgehead atoms. The van der Waals surface area contributed by atoms with E-state index >= 15 is 0 Å². The third-order valence-electron chi connectivity index (χ3n) is 5.02. The Hall–Kier alpha value is -2.43. The number of hydrogen-bond donors (Lipinski definition) is 2. The lowest BCUT2D eigenvalue weighted by Crippen LogP contribution is -2.30. The number of carbonyl (C=O) groups excluding carboxylic acids is 1. The minimum atomic E-state index is -3.86. The molecule has 1 fully saturated rings. The molecule has 0 spiro atoms. The second kappa shape index (κ2) is 8.60. The van der Waals surface area contributed by atoms with Gasteiger partial charge in [-0.1, -0.05) is 30.8 Å². The number of sulfonamides is 1. The molecule has 1 saturated carbocycles. The molecule has 3 N–H and O–H groups in total. The summed E-state index contributed by atoms with van der Waals surface area (Å²) in [4.78, 5) is 17.6. The zero-order valence-electron chi connectivity index (χ0n) is 16.9. The van der Waals surface area contributed by atoms with Gasteiger partial charge in [0, 0.05) is 12.6 Å². The van der Waals surface area contributed by atoms with E-state index < -0.39 is 15.3 Å². The summed E-state index contributed by atoms with van der Waals surface area (Å²) in [7, 11) is -3.86. The number of aryl methyl sites for hydroxylation is 1. The van der Waals surface area contributed by atoms with Crippen LogP contribution in [-0.4, -0.2) is 29.9 Å². The van der Waals surface area contributed by atoms with Crippen molar-refractivity contribution in [2.45, 2.75) is 54.1 Å². The Morgan fingerprint density at radius 2 is 2.00 bits per heavy atom. The van der Waals surface area contributed by atoms with Gasteiger partial charge in [-0.25, -0.2) is 22.9 Å². The molecule has 1 heterocycles. The molecule has 1 aliphatic carbocycles. The number of aromatic nitrogens is 2. The minimum Gasteiger partial charge on any atom is -0.352 e. The fourth-order valence-electron chi connectivity index (χ4n) is 3.31. The monoisotopic (exact) mass is 462 g/mol. The molecule has 4 rings (SSSR count). The smallest absolute Gasteiger partial charge is 0.238 e. The van der Waals surface area contributed by atoms with Crippen LogP contribution in [0, 0.1) is 5.82 Å². The molecule has 0 radical (unpaired) electrons.